The summed E-state index contributed by atoms with van der Waals surface area (Å²) < 4.78 is 52.8. The molecule has 0 amide bonds. The lowest BCUT2D eigenvalue weighted by Gasteiger charge is -2.08. The number of nitrogens with zero attached hydrogens (tertiary/aromatic N) is 3. The summed E-state index contributed by atoms with van der Waals surface area (Å²) in [5.41, 5.74) is 1.23. The maximum Gasteiger partial charge on any atom is 0.573 e. The molecule has 0 saturated carbocycles. The normalized spacial score (nSPS) is 12.3. The number of thiazole rings is 1. The Bertz CT molecular complexity index is 1380. The van der Waals surface area contributed by atoms with Crippen LogP contribution in [-0.2, 0) is 12.8 Å². The zero-order valence-corrected chi connectivity index (χ0v) is 18.4. The van der Waals surface area contributed by atoms with E-state index in [2.05, 4.69) is 14.8 Å². The molecule has 0 radical (unpaired) electrons. The predicted octanol–water partition coefficient (Wildman–Crippen LogP) is 3.40. The predicted molar refractivity (Wildman–Crippen MR) is 116 cm³/mol. The first kappa shape index (κ1) is 22.6. The highest BCUT2D eigenvalue weighted by molar-refractivity contribution is 7.15. The number of alkyl halides is 3. The smallest absolute Gasteiger partial charge is 0.493 e. The van der Waals surface area contributed by atoms with Crippen LogP contribution in [0.15, 0.2) is 47.3 Å². The van der Waals surface area contributed by atoms with Gasteiger partial charge in [-0.2, -0.15) is 4.52 Å². The van der Waals surface area contributed by atoms with Gasteiger partial charge in [-0.3, -0.25) is 4.79 Å². The number of benzene rings is 2. The Labute approximate surface area is 189 Å². The molecule has 4 aromatic rings. The molecule has 0 aliphatic rings. The molecule has 0 aliphatic carbocycles. The lowest BCUT2D eigenvalue weighted by atomic mass is 10.1. The van der Waals surface area contributed by atoms with Crippen molar-refractivity contribution >= 4 is 22.4 Å². The summed E-state index contributed by atoms with van der Waals surface area (Å²) in [6.45, 7) is 0. The van der Waals surface area contributed by atoms with Crippen LogP contribution in [0, 0.1) is 0 Å². The lowest BCUT2D eigenvalue weighted by molar-refractivity contribution is -0.274. The van der Waals surface area contributed by atoms with Crippen molar-refractivity contribution in [2.75, 3.05) is 14.2 Å². The first-order valence-corrected chi connectivity index (χ1v) is 10.5. The Balaban J connectivity index is 1.50. The van der Waals surface area contributed by atoms with Crippen molar-refractivity contribution in [3.8, 4) is 17.2 Å². The molecule has 4 rings (SSSR count). The minimum absolute atomic E-state index is 0.330. The van der Waals surface area contributed by atoms with Crippen molar-refractivity contribution < 1.29 is 27.4 Å². The van der Waals surface area contributed by atoms with Crippen LogP contribution in [0.3, 0.4) is 0 Å². The van der Waals surface area contributed by atoms with E-state index in [1.165, 1.54) is 28.8 Å². The molecule has 2 aromatic heterocycles. The fourth-order valence-corrected chi connectivity index (χ4v) is 4.12. The molecule has 2 aromatic carbocycles. The van der Waals surface area contributed by atoms with Gasteiger partial charge in [-0.05, 0) is 47.9 Å². The Morgan fingerprint density at radius 1 is 1.03 bits per heavy atom. The monoisotopic (exact) mass is 477 g/mol. The van der Waals surface area contributed by atoms with E-state index in [0.717, 1.165) is 16.9 Å². The molecule has 0 bridgehead atoms. The van der Waals surface area contributed by atoms with E-state index >= 15 is 0 Å². The number of rotatable bonds is 7. The number of aromatic nitrogens is 3. The van der Waals surface area contributed by atoms with Crippen LogP contribution in [-0.4, -0.2) is 35.2 Å². The van der Waals surface area contributed by atoms with Crippen LogP contribution in [0.4, 0.5) is 13.2 Å². The third kappa shape index (κ3) is 5.25. The Morgan fingerprint density at radius 3 is 2.39 bits per heavy atom. The standard InChI is InChI=1S/C22H18F3N3O4S/c1-30-16-9-5-13(11-17(16)31-2)6-10-19-26-21-28(27-19)20(29)18(33-21)12-14-3-7-15(8-4-14)32-22(23,24)25/h3-5,7-9,11-12H,6,10H2,1-2H3/b18-12-. The number of methoxy groups -OCH3 is 2. The van der Waals surface area contributed by atoms with Gasteiger partial charge in [-0.1, -0.05) is 29.5 Å². The Hall–Kier alpha value is -3.60. The van der Waals surface area contributed by atoms with Gasteiger partial charge < -0.3 is 14.2 Å². The van der Waals surface area contributed by atoms with Crippen molar-refractivity contribution in [2.24, 2.45) is 0 Å². The molecule has 0 spiro atoms. The first-order valence-electron chi connectivity index (χ1n) is 9.72. The molecule has 0 unspecified atom stereocenters. The summed E-state index contributed by atoms with van der Waals surface area (Å²) in [6, 6.07) is 10.9. The maximum absolute atomic E-state index is 12.7. The quantitative estimate of drug-likeness (QED) is 0.406. The largest absolute Gasteiger partial charge is 0.573 e. The van der Waals surface area contributed by atoms with E-state index in [1.807, 2.05) is 18.2 Å². The van der Waals surface area contributed by atoms with Gasteiger partial charge in [0, 0.05) is 6.42 Å². The molecule has 0 N–H and O–H groups in total. The molecular formula is C22H18F3N3O4S. The third-order valence-electron chi connectivity index (χ3n) is 4.72. The van der Waals surface area contributed by atoms with Crippen molar-refractivity contribution in [2.45, 2.75) is 19.2 Å². The topological polar surface area (TPSA) is 75.0 Å². The molecule has 0 saturated heterocycles. The summed E-state index contributed by atoms with van der Waals surface area (Å²) in [5.74, 6) is 1.48. The summed E-state index contributed by atoms with van der Waals surface area (Å²) in [6.07, 6.45) is -2.00. The van der Waals surface area contributed by atoms with Crippen molar-refractivity contribution in [3.63, 3.8) is 0 Å². The second kappa shape index (κ2) is 9.10. The van der Waals surface area contributed by atoms with E-state index in [4.69, 9.17) is 9.47 Å². The van der Waals surface area contributed by atoms with Crippen molar-refractivity contribution in [1.29, 1.82) is 0 Å². The average Bonchev–Trinajstić information content (AvgIpc) is 3.31. The minimum atomic E-state index is -4.75. The molecule has 2 heterocycles. The van der Waals surface area contributed by atoms with Crippen LogP contribution >= 0.6 is 11.3 Å². The van der Waals surface area contributed by atoms with E-state index < -0.39 is 6.36 Å². The van der Waals surface area contributed by atoms with Crippen LogP contribution in [0.1, 0.15) is 17.0 Å². The number of hydrogen-bond donors (Lipinski definition) is 0. The molecule has 11 heteroatoms. The van der Waals surface area contributed by atoms with Gasteiger partial charge in [-0.25, -0.2) is 4.98 Å². The van der Waals surface area contributed by atoms with Gasteiger partial charge in [0.15, 0.2) is 17.3 Å². The molecule has 0 atom stereocenters. The number of halogens is 3. The summed E-state index contributed by atoms with van der Waals surface area (Å²) in [5, 5.41) is 4.30. The average molecular weight is 477 g/mol. The van der Waals surface area contributed by atoms with E-state index in [9.17, 15) is 18.0 Å². The zero-order valence-electron chi connectivity index (χ0n) is 17.5. The summed E-state index contributed by atoms with van der Waals surface area (Å²) in [4.78, 5) is 17.5. The van der Waals surface area contributed by atoms with Crippen LogP contribution < -0.4 is 24.3 Å². The highest BCUT2D eigenvalue weighted by Gasteiger charge is 2.30. The molecule has 172 valence electrons. The van der Waals surface area contributed by atoms with Gasteiger partial charge in [0.05, 0.1) is 18.8 Å². The molecule has 7 nitrogen and oxygen atoms in total. The molecular weight excluding hydrogens is 459 g/mol. The fourth-order valence-electron chi connectivity index (χ4n) is 3.19. The fraction of sp³-hybridized carbons (Fsp3) is 0.227. The van der Waals surface area contributed by atoms with Crippen LogP contribution in [0.2, 0.25) is 0 Å². The maximum atomic E-state index is 12.7. The number of hydrogen-bond acceptors (Lipinski definition) is 7. The summed E-state index contributed by atoms with van der Waals surface area (Å²) in [7, 11) is 3.14. The highest BCUT2D eigenvalue weighted by Crippen LogP contribution is 2.28. The zero-order chi connectivity index (χ0) is 23.6. The van der Waals surface area contributed by atoms with Crippen molar-refractivity contribution in [1.82, 2.24) is 14.6 Å². The van der Waals surface area contributed by atoms with E-state index in [0.29, 0.717) is 45.2 Å². The van der Waals surface area contributed by atoms with Gasteiger partial charge in [0.1, 0.15) is 5.75 Å². The molecule has 33 heavy (non-hydrogen) atoms. The second-order valence-electron chi connectivity index (χ2n) is 6.94. The SMILES string of the molecule is COc1ccc(CCc2nc3s/c(=C\c4ccc(OC(F)(F)F)cc4)c(=O)n3n2)cc1OC. The van der Waals surface area contributed by atoms with Gasteiger partial charge >= 0.3 is 6.36 Å². The number of aryl methyl sites for hydroxylation is 2. The van der Waals surface area contributed by atoms with E-state index in [-0.39, 0.29) is 11.3 Å². The Morgan fingerprint density at radius 2 is 1.76 bits per heavy atom. The lowest BCUT2D eigenvalue weighted by Crippen LogP contribution is -2.23. The minimum Gasteiger partial charge on any atom is -0.493 e. The molecule has 0 fully saturated rings. The van der Waals surface area contributed by atoms with Gasteiger partial charge in [0.25, 0.3) is 5.56 Å². The number of ether oxygens (including phenoxy) is 3. The van der Waals surface area contributed by atoms with Crippen molar-refractivity contribution in [3.05, 3.63) is 74.3 Å². The summed E-state index contributed by atoms with van der Waals surface area (Å²) >= 11 is 1.16. The van der Waals surface area contributed by atoms with Crippen LogP contribution in [0.5, 0.6) is 17.2 Å². The van der Waals surface area contributed by atoms with Gasteiger partial charge in [0.2, 0.25) is 4.96 Å². The Kier molecular flexibility index (Phi) is 6.23. The first-order chi connectivity index (χ1) is 15.8. The van der Waals surface area contributed by atoms with Gasteiger partial charge in [-0.15, -0.1) is 18.3 Å². The van der Waals surface area contributed by atoms with Crippen LogP contribution in [0.25, 0.3) is 11.0 Å². The van der Waals surface area contributed by atoms with E-state index in [1.54, 1.807) is 20.3 Å². The molecule has 0 aliphatic heterocycles. The number of fused-ring (bicyclic) bond motifs is 1. The highest BCUT2D eigenvalue weighted by atomic mass is 32.1. The third-order valence-corrected chi connectivity index (χ3v) is 5.68. The second-order valence-corrected chi connectivity index (χ2v) is 7.95.